The second kappa shape index (κ2) is 14.6. The van der Waals surface area contributed by atoms with Crippen LogP contribution in [0.25, 0.3) is 66.1 Å². The molecule has 1 aliphatic heterocycles. The summed E-state index contributed by atoms with van der Waals surface area (Å²) in [6.45, 7) is 4.76. The van der Waals surface area contributed by atoms with E-state index >= 15 is 0 Å². The van der Waals surface area contributed by atoms with E-state index < -0.39 is 5.41 Å². The Morgan fingerprint density at radius 3 is 1.60 bits per heavy atom. The highest BCUT2D eigenvalue weighted by atomic mass is 16.5. The summed E-state index contributed by atoms with van der Waals surface area (Å²) in [5, 5.41) is 4.59. The van der Waals surface area contributed by atoms with Crippen LogP contribution in [0.15, 0.2) is 237 Å². The zero-order valence-electron chi connectivity index (χ0n) is 38.0. The maximum atomic E-state index is 7.24. The molecule has 14 rings (SSSR count). The molecule has 0 radical (unpaired) electrons. The lowest BCUT2D eigenvalue weighted by Gasteiger charge is -2.40. The van der Waals surface area contributed by atoms with Crippen molar-refractivity contribution in [3.8, 4) is 56.0 Å². The molecule has 1 spiro atoms. The number of ether oxygens (including phenoxy) is 1. The molecule has 11 aromatic rings. The highest BCUT2D eigenvalue weighted by Crippen LogP contribution is 2.65. The second-order valence-electron chi connectivity index (χ2n) is 19.4. The van der Waals surface area contributed by atoms with Crippen LogP contribution < -0.4 is 4.74 Å². The normalized spacial score (nSPS) is 14.6. The van der Waals surface area contributed by atoms with Gasteiger partial charge in [0.1, 0.15) is 11.5 Å². The standard InChI is InChI=1S/C67H46O/c1-66(2)55-29-12-10-25-52(55)63-54(28-16-31-57(63)66)61(48-22-14-21-47(41-48)42-17-4-3-5-18-42)46-35-33-45(34-36-46)49-27-15-32-58-62(49)53-26-11-13-30-56(53)67(58)59-39-37-43-19-6-8-23-50(43)64(59)68-65-51-24-9-7-20-44(51)38-40-60(65)67/h3-41,61H,1-2H3. The summed E-state index contributed by atoms with van der Waals surface area (Å²) in [4.78, 5) is 0. The predicted octanol–water partition coefficient (Wildman–Crippen LogP) is 17.3. The molecule has 1 atom stereocenters. The molecule has 0 aromatic heterocycles. The maximum absolute atomic E-state index is 7.24. The van der Waals surface area contributed by atoms with Crippen LogP contribution in [-0.4, -0.2) is 0 Å². The summed E-state index contributed by atoms with van der Waals surface area (Å²) in [6.07, 6.45) is 0. The monoisotopic (exact) mass is 866 g/mol. The smallest absolute Gasteiger partial charge is 0.140 e. The van der Waals surface area contributed by atoms with Crippen molar-refractivity contribution in [1.29, 1.82) is 0 Å². The quantitative estimate of drug-likeness (QED) is 0.157. The molecule has 1 unspecified atom stereocenters. The topological polar surface area (TPSA) is 9.23 Å². The Balaban J connectivity index is 0.978. The number of fused-ring (bicyclic) bond motifs is 16. The average Bonchev–Trinajstić information content (AvgIpc) is 3.82. The number of hydrogen-bond donors (Lipinski definition) is 0. The molecule has 1 nitrogen and oxygen atoms in total. The van der Waals surface area contributed by atoms with Crippen LogP contribution in [-0.2, 0) is 10.8 Å². The number of hydrogen-bond acceptors (Lipinski definition) is 1. The van der Waals surface area contributed by atoms with Gasteiger partial charge in [-0.25, -0.2) is 0 Å². The third-order valence-corrected chi connectivity index (χ3v) is 15.7. The molecule has 0 bridgehead atoms. The van der Waals surface area contributed by atoms with Crippen LogP contribution in [0.3, 0.4) is 0 Å². The van der Waals surface area contributed by atoms with Crippen molar-refractivity contribution in [2.75, 3.05) is 0 Å². The van der Waals surface area contributed by atoms with Crippen molar-refractivity contribution in [2.45, 2.75) is 30.6 Å². The maximum Gasteiger partial charge on any atom is 0.140 e. The highest BCUT2D eigenvalue weighted by molar-refractivity contribution is 6.02. The Morgan fingerprint density at radius 1 is 0.338 bits per heavy atom. The molecule has 11 aromatic carbocycles. The molecule has 0 saturated heterocycles. The number of benzene rings is 11. The molecule has 0 N–H and O–H groups in total. The SMILES string of the molecule is CC1(C)c2ccccc2-c2c(C(c3ccc(-c4cccc5c4-c4ccccc4C54c5ccc6ccccc6c5Oc5c4ccc4ccccc54)cc3)c3cccc(-c4ccccc4)c3)cccc21. The molecule has 68 heavy (non-hydrogen) atoms. The van der Waals surface area contributed by atoms with Crippen molar-refractivity contribution in [1.82, 2.24) is 0 Å². The van der Waals surface area contributed by atoms with Gasteiger partial charge in [0.2, 0.25) is 0 Å². The van der Waals surface area contributed by atoms with Gasteiger partial charge >= 0.3 is 0 Å². The summed E-state index contributed by atoms with van der Waals surface area (Å²) >= 11 is 0. The van der Waals surface area contributed by atoms with Gasteiger partial charge in [0.25, 0.3) is 0 Å². The van der Waals surface area contributed by atoms with Crippen LogP contribution in [0, 0.1) is 0 Å². The summed E-state index contributed by atoms with van der Waals surface area (Å²) in [5.41, 5.74) is 21.0. The first-order chi connectivity index (χ1) is 33.5. The summed E-state index contributed by atoms with van der Waals surface area (Å²) in [5.74, 6) is 1.87. The van der Waals surface area contributed by atoms with E-state index in [0.29, 0.717) is 0 Å². The molecular formula is C67H46O. The first kappa shape index (κ1) is 39.0. The minimum absolute atomic E-state index is 0.00464. The van der Waals surface area contributed by atoms with Crippen molar-refractivity contribution < 1.29 is 4.74 Å². The van der Waals surface area contributed by atoms with Crippen LogP contribution in [0.2, 0.25) is 0 Å². The second-order valence-corrected chi connectivity index (χ2v) is 19.4. The highest BCUT2D eigenvalue weighted by Gasteiger charge is 2.52. The Bertz CT molecular complexity index is 3770. The molecule has 1 heteroatoms. The molecule has 0 amide bonds. The zero-order valence-corrected chi connectivity index (χ0v) is 38.0. The fourth-order valence-corrected chi connectivity index (χ4v) is 12.7. The van der Waals surface area contributed by atoms with Gasteiger partial charge in [0.05, 0.1) is 5.41 Å². The van der Waals surface area contributed by atoms with E-state index in [4.69, 9.17) is 4.74 Å². The Labute approximate surface area is 397 Å². The first-order valence-corrected chi connectivity index (χ1v) is 23.9. The van der Waals surface area contributed by atoms with Gasteiger partial charge in [-0.05, 0) is 94.2 Å². The average molecular weight is 867 g/mol. The predicted molar refractivity (Wildman–Crippen MR) is 281 cm³/mol. The first-order valence-electron chi connectivity index (χ1n) is 23.9. The van der Waals surface area contributed by atoms with Crippen LogP contribution >= 0.6 is 0 Å². The largest absolute Gasteiger partial charge is 0.455 e. The van der Waals surface area contributed by atoms with E-state index in [1.807, 2.05) is 0 Å². The minimum atomic E-state index is -0.606. The third kappa shape index (κ3) is 5.39. The van der Waals surface area contributed by atoms with Crippen molar-refractivity contribution in [2.24, 2.45) is 0 Å². The van der Waals surface area contributed by atoms with Crippen LogP contribution in [0.5, 0.6) is 11.5 Å². The fraction of sp³-hybridized carbons (Fsp3) is 0.0746. The van der Waals surface area contributed by atoms with Crippen LogP contribution in [0.1, 0.15) is 69.8 Å². The molecule has 3 aliphatic rings. The van der Waals surface area contributed by atoms with Gasteiger partial charge in [-0.3, -0.25) is 0 Å². The lowest BCUT2D eigenvalue weighted by molar-refractivity contribution is 0.447. The Kier molecular flexibility index (Phi) is 8.38. The third-order valence-electron chi connectivity index (χ3n) is 15.7. The zero-order chi connectivity index (χ0) is 45.1. The fourth-order valence-electron chi connectivity index (χ4n) is 12.7. The van der Waals surface area contributed by atoms with Gasteiger partial charge in [-0.1, -0.05) is 250 Å². The van der Waals surface area contributed by atoms with Gasteiger partial charge in [0.15, 0.2) is 0 Å². The number of rotatable bonds is 5. The van der Waals surface area contributed by atoms with E-state index in [9.17, 15) is 0 Å². The van der Waals surface area contributed by atoms with Crippen molar-refractivity contribution in [3.63, 3.8) is 0 Å². The van der Waals surface area contributed by atoms with E-state index in [2.05, 4.69) is 250 Å². The molecule has 0 fully saturated rings. The Hall–Kier alpha value is -8.26. The molecule has 1 heterocycles. The summed E-state index contributed by atoms with van der Waals surface area (Å²) in [7, 11) is 0. The van der Waals surface area contributed by atoms with E-state index in [1.165, 1.54) is 105 Å². The molecule has 0 saturated carbocycles. The van der Waals surface area contributed by atoms with Gasteiger partial charge in [-0.2, -0.15) is 0 Å². The molecule has 2 aliphatic carbocycles. The lowest BCUT2D eigenvalue weighted by Crippen LogP contribution is -2.32. The minimum Gasteiger partial charge on any atom is -0.455 e. The van der Waals surface area contributed by atoms with E-state index in [0.717, 1.165) is 22.3 Å². The molecule has 320 valence electrons. The van der Waals surface area contributed by atoms with Gasteiger partial charge in [0, 0.05) is 33.2 Å². The van der Waals surface area contributed by atoms with E-state index in [-0.39, 0.29) is 11.3 Å². The van der Waals surface area contributed by atoms with E-state index in [1.54, 1.807) is 0 Å². The van der Waals surface area contributed by atoms with Crippen molar-refractivity contribution >= 4 is 21.5 Å². The van der Waals surface area contributed by atoms with Gasteiger partial charge in [-0.15, -0.1) is 0 Å². The van der Waals surface area contributed by atoms with Crippen molar-refractivity contribution in [3.05, 3.63) is 287 Å². The molecular weight excluding hydrogens is 821 g/mol. The Morgan fingerprint density at radius 2 is 0.882 bits per heavy atom. The van der Waals surface area contributed by atoms with Gasteiger partial charge < -0.3 is 4.74 Å². The lowest BCUT2D eigenvalue weighted by atomic mass is 9.65. The summed E-state index contributed by atoms with van der Waals surface area (Å²) in [6, 6.07) is 88.2. The summed E-state index contributed by atoms with van der Waals surface area (Å²) < 4.78 is 7.24. The van der Waals surface area contributed by atoms with Crippen LogP contribution in [0.4, 0.5) is 0 Å².